The first-order chi connectivity index (χ1) is 11.1. The second-order valence-electron chi connectivity index (χ2n) is 7.45. The number of nitrogens with zero attached hydrogens (tertiary/aromatic N) is 4. The highest BCUT2D eigenvalue weighted by Gasteiger charge is 2.27. The molecule has 1 N–H and O–H groups in total. The van der Waals surface area contributed by atoms with Crippen LogP contribution < -0.4 is 5.32 Å². The van der Waals surface area contributed by atoms with Crippen LogP contribution in [0, 0.1) is 11.8 Å². The van der Waals surface area contributed by atoms with Crippen molar-refractivity contribution in [2.75, 3.05) is 26.2 Å². The molecule has 24 heavy (non-hydrogen) atoms. The number of carbonyl (C=O) groups is 1. The van der Waals surface area contributed by atoms with E-state index in [1.165, 1.54) is 12.8 Å². The number of rotatable bonds is 4. The third-order valence-electron chi connectivity index (χ3n) is 5.02. The fourth-order valence-corrected chi connectivity index (χ4v) is 3.89. The maximum absolute atomic E-state index is 12.7. The summed E-state index contributed by atoms with van der Waals surface area (Å²) < 4.78 is 1.89. The van der Waals surface area contributed by atoms with Gasteiger partial charge >= 0.3 is 0 Å². The van der Waals surface area contributed by atoms with E-state index in [1.54, 1.807) is 0 Å². The Balaban J connectivity index is 0.00000208. The number of halogens is 1. The molecule has 0 bridgehead atoms. The molecule has 1 atom stereocenters. The lowest BCUT2D eigenvalue weighted by Crippen LogP contribution is -2.40. The van der Waals surface area contributed by atoms with Crippen molar-refractivity contribution in [3.8, 4) is 0 Å². The monoisotopic (exact) mass is 355 g/mol. The van der Waals surface area contributed by atoms with E-state index < -0.39 is 0 Å². The summed E-state index contributed by atoms with van der Waals surface area (Å²) in [5, 5.41) is 11.7. The van der Waals surface area contributed by atoms with Gasteiger partial charge in [0.25, 0.3) is 5.91 Å². The molecule has 2 fully saturated rings. The van der Waals surface area contributed by atoms with Crippen LogP contribution in [0.5, 0.6) is 0 Å². The molecular formula is C17H30ClN5O. The molecule has 0 radical (unpaired) electrons. The molecule has 0 aliphatic carbocycles. The highest BCUT2D eigenvalue weighted by Crippen LogP contribution is 2.24. The highest BCUT2D eigenvalue weighted by molar-refractivity contribution is 5.92. The predicted octanol–water partition coefficient (Wildman–Crippen LogP) is 2.52. The van der Waals surface area contributed by atoms with Crippen molar-refractivity contribution in [1.82, 2.24) is 25.2 Å². The predicted molar refractivity (Wildman–Crippen MR) is 96.5 cm³/mol. The fourth-order valence-electron chi connectivity index (χ4n) is 3.89. The first-order valence-corrected chi connectivity index (χ1v) is 9.05. The molecule has 7 heteroatoms. The number of nitrogens with one attached hydrogen (secondary N) is 1. The molecule has 136 valence electrons. The quantitative estimate of drug-likeness (QED) is 0.901. The van der Waals surface area contributed by atoms with Crippen molar-refractivity contribution in [2.24, 2.45) is 11.8 Å². The Morgan fingerprint density at radius 1 is 1.33 bits per heavy atom. The largest absolute Gasteiger partial charge is 0.337 e. The molecule has 0 spiro atoms. The molecule has 1 aromatic heterocycles. The van der Waals surface area contributed by atoms with Gasteiger partial charge in [0.05, 0.1) is 12.2 Å². The summed E-state index contributed by atoms with van der Waals surface area (Å²) in [5.74, 6) is 1.38. The average molecular weight is 356 g/mol. The Morgan fingerprint density at radius 3 is 2.79 bits per heavy atom. The maximum atomic E-state index is 12.7. The molecule has 0 saturated carbocycles. The zero-order chi connectivity index (χ0) is 16.2. The lowest BCUT2D eigenvalue weighted by molar-refractivity contribution is 0.0653. The van der Waals surface area contributed by atoms with Crippen molar-refractivity contribution in [3.63, 3.8) is 0 Å². The van der Waals surface area contributed by atoms with Gasteiger partial charge < -0.3 is 10.2 Å². The van der Waals surface area contributed by atoms with Gasteiger partial charge in [0.2, 0.25) is 0 Å². The van der Waals surface area contributed by atoms with E-state index >= 15 is 0 Å². The van der Waals surface area contributed by atoms with Gasteiger partial charge in [0, 0.05) is 13.1 Å². The number of amides is 1. The van der Waals surface area contributed by atoms with Gasteiger partial charge in [-0.25, -0.2) is 4.68 Å². The molecule has 0 aromatic carbocycles. The first-order valence-electron chi connectivity index (χ1n) is 9.05. The summed E-state index contributed by atoms with van der Waals surface area (Å²) in [4.78, 5) is 14.7. The number of piperidine rings is 2. The lowest BCUT2D eigenvalue weighted by atomic mass is 9.89. The minimum Gasteiger partial charge on any atom is -0.337 e. The molecule has 3 heterocycles. The van der Waals surface area contributed by atoms with Crippen molar-refractivity contribution in [1.29, 1.82) is 0 Å². The van der Waals surface area contributed by atoms with Crippen molar-refractivity contribution < 1.29 is 4.79 Å². The maximum Gasteiger partial charge on any atom is 0.276 e. The summed E-state index contributed by atoms with van der Waals surface area (Å²) in [7, 11) is 0. The van der Waals surface area contributed by atoms with E-state index in [4.69, 9.17) is 0 Å². The van der Waals surface area contributed by atoms with Gasteiger partial charge in [0.15, 0.2) is 5.69 Å². The molecule has 2 aliphatic rings. The second-order valence-corrected chi connectivity index (χ2v) is 7.45. The van der Waals surface area contributed by atoms with Crippen LogP contribution in [0.25, 0.3) is 0 Å². The molecule has 2 saturated heterocycles. The van der Waals surface area contributed by atoms with E-state index in [9.17, 15) is 4.79 Å². The van der Waals surface area contributed by atoms with Gasteiger partial charge in [-0.15, -0.1) is 17.5 Å². The summed E-state index contributed by atoms with van der Waals surface area (Å²) in [6.45, 7) is 8.26. The normalized spacial score (nSPS) is 22.5. The summed E-state index contributed by atoms with van der Waals surface area (Å²) in [6.07, 6.45) is 7.50. The van der Waals surface area contributed by atoms with Crippen LogP contribution >= 0.6 is 12.4 Å². The van der Waals surface area contributed by atoms with Crippen LogP contribution in [0.1, 0.15) is 62.5 Å². The van der Waals surface area contributed by atoms with Gasteiger partial charge in [-0.05, 0) is 57.0 Å². The Hall–Kier alpha value is -1.14. The van der Waals surface area contributed by atoms with Crippen LogP contribution in [0.15, 0.2) is 6.20 Å². The Bertz CT molecular complexity index is 527. The molecule has 1 aromatic rings. The van der Waals surface area contributed by atoms with Gasteiger partial charge in [0.1, 0.15) is 0 Å². The number of hydrogen-bond donors (Lipinski definition) is 1. The van der Waals surface area contributed by atoms with Crippen LogP contribution in [-0.2, 0) is 0 Å². The second kappa shape index (κ2) is 8.81. The standard InChI is InChI=1S/C17H29N5O.ClH/c1-13(2)10-14-4-3-9-21(11-14)17(23)16-12-22(20-19-16)15-5-7-18-8-6-15;/h12-15,18H,3-11H2,1-2H3;1H. The molecule has 6 nitrogen and oxygen atoms in total. The Morgan fingerprint density at radius 2 is 2.08 bits per heavy atom. The van der Waals surface area contributed by atoms with Crippen LogP contribution in [0.4, 0.5) is 0 Å². The van der Waals surface area contributed by atoms with Gasteiger partial charge in [-0.1, -0.05) is 19.1 Å². The number of hydrogen-bond acceptors (Lipinski definition) is 4. The van der Waals surface area contributed by atoms with Gasteiger partial charge in [-0.3, -0.25) is 4.79 Å². The Labute approximate surface area is 150 Å². The molecular weight excluding hydrogens is 326 g/mol. The lowest BCUT2D eigenvalue weighted by Gasteiger charge is -2.33. The van der Waals surface area contributed by atoms with Crippen molar-refractivity contribution >= 4 is 18.3 Å². The highest BCUT2D eigenvalue weighted by atomic mass is 35.5. The summed E-state index contributed by atoms with van der Waals surface area (Å²) in [6, 6.07) is 0.375. The number of likely N-dealkylation sites (tertiary alicyclic amines) is 1. The van der Waals surface area contributed by atoms with Crippen molar-refractivity contribution in [3.05, 3.63) is 11.9 Å². The van der Waals surface area contributed by atoms with E-state index in [-0.39, 0.29) is 18.3 Å². The first kappa shape index (κ1) is 19.2. The minimum absolute atomic E-state index is 0. The zero-order valence-corrected chi connectivity index (χ0v) is 15.6. The minimum atomic E-state index is 0. The number of carbonyl (C=O) groups excluding carboxylic acids is 1. The van der Waals surface area contributed by atoms with E-state index in [2.05, 4.69) is 29.5 Å². The Kier molecular flexibility index (Phi) is 7.04. The molecule has 2 aliphatic heterocycles. The SMILES string of the molecule is CC(C)CC1CCCN(C(=O)c2cn(C3CCNCC3)nn2)C1.Cl. The smallest absolute Gasteiger partial charge is 0.276 e. The average Bonchev–Trinajstić information content (AvgIpc) is 3.04. The van der Waals surface area contributed by atoms with Crippen LogP contribution in [-0.4, -0.2) is 52.0 Å². The summed E-state index contributed by atoms with van der Waals surface area (Å²) >= 11 is 0. The van der Waals surface area contributed by atoms with Gasteiger partial charge in [-0.2, -0.15) is 0 Å². The molecule has 3 rings (SSSR count). The molecule has 1 unspecified atom stereocenters. The van der Waals surface area contributed by atoms with Crippen molar-refractivity contribution in [2.45, 2.75) is 52.0 Å². The number of aromatic nitrogens is 3. The zero-order valence-electron chi connectivity index (χ0n) is 14.8. The molecule has 1 amide bonds. The third-order valence-corrected chi connectivity index (χ3v) is 5.02. The topological polar surface area (TPSA) is 63.1 Å². The van der Waals surface area contributed by atoms with E-state index in [0.29, 0.717) is 23.6 Å². The third kappa shape index (κ3) is 4.70. The summed E-state index contributed by atoms with van der Waals surface area (Å²) in [5.41, 5.74) is 0.508. The van der Waals surface area contributed by atoms with E-state index in [0.717, 1.165) is 45.4 Å². The fraction of sp³-hybridized carbons (Fsp3) is 0.824. The van der Waals surface area contributed by atoms with Crippen LogP contribution in [0.3, 0.4) is 0 Å². The van der Waals surface area contributed by atoms with E-state index in [1.807, 2.05) is 15.8 Å². The van der Waals surface area contributed by atoms with Crippen LogP contribution in [0.2, 0.25) is 0 Å².